The second-order valence-corrected chi connectivity index (χ2v) is 20.7. The summed E-state index contributed by atoms with van der Waals surface area (Å²) in [5.41, 5.74) is 23.5. The Morgan fingerprint density at radius 1 is 0.237 bits per heavy atom. The molecule has 0 unspecified atom stereocenters. The van der Waals surface area contributed by atoms with Gasteiger partial charge in [-0.25, -0.2) is 15.0 Å². The van der Waals surface area contributed by atoms with E-state index in [-0.39, 0.29) is 5.92 Å². The van der Waals surface area contributed by atoms with Crippen LogP contribution in [-0.2, 0) is 0 Å². The second-order valence-electron chi connectivity index (χ2n) is 20.7. The fourth-order valence-electron chi connectivity index (χ4n) is 12.2. The topological polar surface area (TPSA) is 43.6 Å². The third-order valence-electron chi connectivity index (χ3n) is 15.9. The summed E-state index contributed by atoms with van der Waals surface area (Å²) in [7, 11) is 0. The molecule has 0 fully saturated rings. The van der Waals surface area contributed by atoms with Crippen LogP contribution in [0.4, 0.5) is 0 Å². The van der Waals surface area contributed by atoms with Crippen LogP contribution in [-0.4, -0.2) is 19.5 Å². The molecular weight excluding hydrogens is 969 g/mol. The lowest BCUT2D eigenvalue weighted by molar-refractivity contribution is 1.02. The van der Waals surface area contributed by atoms with Gasteiger partial charge < -0.3 is 4.57 Å². The molecule has 4 heteroatoms. The molecule has 0 amide bonds. The van der Waals surface area contributed by atoms with Gasteiger partial charge in [0.2, 0.25) is 0 Å². The molecule has 80 heavy (non-hydrogen) atoms. The van der Waals surface area contributed by atoms with Crippen LogP contribution in [0.2, 0.25) is 0 Å². The van der Waals surface area contributed by atoms with Gasteiger partial charge in [-0.2, -0.15) is 0 Å². The van der Waals surface area contributed by atoms with E-state index in [1.807, 2.05) is 0 Å². The molecule has 1 aliphatic carbocycles. The molecule has 374 valence electrons. The fourth-order valence-corrected chi connectivity index (χ4v) is 12.2. The Morgan fingerprint density at radius 3 is 1.14 bits per heavy atom. The highest BCUT2D eigenvalue weighted by atomic mass is 15.0. The van der Waals surface area contributed by atoms with Crippen LogP contribution in [0.1, 0.15) is 22.6 Å². The lowest BCUT2D eigenvalue weighted by Crippen LogP contribution is -2.05. The molecule has 0 radical (unpaired) electrons. The third kappa shape index (κ3) is 8.30. The molecule has 0 N–H and O–H groups in total. The first-order chi connectivity index (χ1) is 39.7. The SMILES string of the molecule is c1ccc(-c2ccc(-c3nc(-c4cc(-c5ccccc5)cc(-c5ccccc5)c4)nc(-c4cc(-c5ccccc5)c(-n5c6ccccc6c6ccc(C7c8ccccc8-c8ccccc87)cc65)c(-c5ccccc5)c4)n3)cc2)cc1. The van der Waals surface area contributed by atoms with Crippen molar-refractivity contribution < 1.29 is 0 Å². The number of rotatable bonds is 10. The van der Waals surface area contributed by atoms with Gasteiger partial charge in [-0.05, 0) is 115 Å². The van der Waals surface area contributed by atoms with Gasteiger partial charge in [0, 0.05) is 44.5 Å². The largest absolute Gasteiger partial charge is 0.308 e. The Bertz CT molecular complexity index is 4450. The van der Waals surface area contributed by atoms with E-state index in [0.29, 0.717) is 17.5 Å². The van der Waals surface area contributed by atoms with Gasteiger partial charge in [0.25, 0.3) is 0 Å². The highest BCUT2D eigenvalue weighted by molar-refractivity contribution is 6.11. The highest BCUT2D eigenvalue weighted by Gasteiger charge is 2.31. The minimum atomic E-state index is 0.0850. The summed E-state index contributed by atoms with van der Waals surface area (Å²) >= 11 is 0. The van der Waals surface area contributed by atoms with E-state index in [0.717, 1.165) is 89.0 Å². The first-order valence-electron chi connectivity index (χ1n) is 27.4. The van der Waals surface area contributed by atoms with Gasteiger partial charge >= 0.3 is 0 Å². The summed E-state index contributed by atoms with van der Waals surface area (Å²) in [5, 5.41) is 2.39. The molecule has 1 aliphatic rings. The summed E-state index contributed by atoms with van der Waals surface area (Å²) in [5.74, 6) is 1.84. The van der Waals surface area contributed by atoms with Gasteiger partial charge in [-0.1, -0.05) is 255 Å². The van der Waals surface area contributed by atoms with Crippen LogP contribution >= 0.6 is 0 Å². The zero-order chi connectivity index (χ0) is 52.9. The van der Waals surface area contributed by atoms with Crippen molar-refractivity contribution in [1.82, 2.24) is 19.5 Å². The Balaban J connectivity index is 0.994. The Hall–Kier alpha value is -10.6. The number of para-hydroxylation sites is 1. The van der Waals surface area contributed by atoms with E-state index in [9.17, 15) is 0 Å². The molecule has 14 aromatic rings. The van der Waals surface area contributed by atoms with Crippen molar-refractivity contribution in [1.29, 1.82) is 0 Å². The maximum absolute atomic E-state index is 5.56. The van der Waals surface area contributed by atoms with Crippen LogP contribution in [0.15, 0.2) is 297 Å². The second kappa shape index (κ2) is 19.8. The van der Waals surface area contributed by atoms with Crippen molar-refractivity contribution in [2.45, 2.75) is 5.92 Å². The Kier molecular flexibility index (Phi) is 11.6. The average Bonchev–Trinajstić information content (AvgIpc) is 4.26. The molecule has 2 heterocycles. The van der Waals surface area contributed by atoms with Crippen LogP contribution < -0.4 is 0 Å². The van der Waals surface area contributed by atoms with Crippen LogP contribution in [0.25, 0.3) is 128 Å². The van der Waals surface area contributed by atoms with Crippen LogP contribution in [0.5, 0.6) is 0 Å². The van der Waals surface area contributed by atoms with Gasteiger partial charge in [0.05, 0.1) is 16.7 Å². The predicted octanol–water partition coefficient (Wildman–Crippen LogP) is 19.5. The summed E-state index contributed by atoms with van der Waals surface area (Å²) in [6.07, 6.45) is 0. The lowest BCUT2D eigenvalue weighted by atomic mass is 9.88. The lowest BCUT2D eigenvalue weighted by Gasteiger charge is -2.22. The van der Waals surface area contributed by atoms with E-state index in [1.54, 1.807) is 0 Å². The molecule has 0 bridgehead atoms. The Morgan fingerprint density at radius 2 is 0.613 bits per heavy atom. The van der Waals surface area contributed by atoms with Gasteiger partial charge in [-0.3, -0.25) is 0 Å². The number of nitrogens with zero attached hydrogens (tertiary/aromatic N) is 4. The molecule has 12 aromatic carbocycles. The van der Waals surface area contributed by atoms with Crippen molar-refractivity contribution in [2.75, 3.05) is 0 Å². The number of benzene rings is 12. The van der Waals surface area contributed by atoms with E-state index in [2.05, 4.69) is 302 Å². The van der Waals surface area contributed by atoms with E-state index in [1.165, 1.54) is 38.6 Å². The molecule has 4 nitrogen and oxygen atoms in total. The average molecular weight is 1020 g/mol. The quantitative estimate of drug-likeness (QED) is 0.137. The zero-order valence-corrected chi connectivity index (χ0v) is 43.7. The maximum Gasteiger partial charge on any atom is 0.164 e. The van der Waals surface area contributed by atoms with Crippen molar-refractivity contribution in [2.24, 2.45) is 0 Å². The molecule has 0 atom stereocenters. The molecule has 0 spiro atoms. The monoisotopic (exact) mass is 1020 g/mol. The van der Waals surface area contributed by atoms with Crippen molar-refractivity contribution in [3.8, 4) is 107 Å². The summed E-state index contributed by atoms with van der Waals surface area (Å²) in [6, 6.07) is 107. The van der Waals surface area contributed by atoms with Crippen molar-refractivity contribution in [3.05, 3.63) is 314 Å². The van der Waals surface area contributed by atoms with Gasteiger partial charge in [-0.15, -0.1) is 0 Å². The predicted molar refractivity (Wildman–Crippen MR) is 330 cm³/mol. The number of hydrogen-bond acceptors (Lipinski definition) is 3. The smallest absolute Gasteiger partial charge is 0.164 e. The van der Waals surface area contributed by atoms with E-state index >= 15 is 0 Å². The third-order valence-corrected chi connectivity index (χ3v) is 15.9. The fraction of sp³-hybridized carbons (Fsp3) is 0.0132. The van der Waals surface area contributed by atoms with Gasteiger partial charge in [0.1, 0.15) is 0 Å². The van der Waals surface area contributed by atoms with Crippen molar-refractivity contribution >= 4 is 21.8 Å². The normalized spacial score (nSPS) is 11.9. The molecule has 2 aromatic heterocycles. The summed E-state index contributed by atoms with van der Waals surface area (Å²) < 4.78 is 2.52. The van der Waals surface area contributed by atoms with Crippen LogP contribution in [0, 0.1) is 0 Å². The van der Waals surface area contributed by atoms with Crippen molar-refractivity contribution in [3.63, 3.8) is 0 Å². The number of hydrogen-bond donors (Lipinski definition) is 0. The Labute approximate surface area is 465 Å². The number of fused-ring (bicyclic) bond motifs is 6. The first-order valence-corrected chi connectivity index (χ1v) is 27.4. The first kappa shape index (κ1) is 46.7. The maximum atomic E-state index is 5.56. The molecule has 15 rings (SSSR count). The summed E-state index contributed by atoms with van der Waals surface area (Å²) in [6.45, 7) is 0. The van der Waals surface area contributed by atoms with Crippen LogP contribution in [0.3, 0.4) is 0 Å². The van der Waals surface area contributed by atoms with Gasteiger partial charge in [0.15, 0.2) is 17.5 Å². The zero-order valence-electron chi connectivity index (χ0n) is 43.7. The molecule has 0 saturated heterocycles. The summed E-state index contributed by atoms with van der Waals surface area (Å²) in [4.78, 5) is 16.4. The minimum absolute atomic E-state index is 0.0850. The molecule has 0 saturated carbocycles. The molecule has 0 aliphatic heterocycles. The standard InChI is InChI=1S/C76H50N4/c1-6-22-50(23-7-1)53-38-40-56(41-39-53)74-77-75(60-45-58(51-24-8-2-9-25-51)44-59(46-60)52-26-10-3-11-27-52)79-76(78-74)61-47-68(54-28-12-4-13-29-54)73(69(48-61)55-30-14-5-15-31-55)80-70-37-21-20-34-64(70)65-43-42-57(49-71(65)80)72-66-35-18-16-32-62(66)63-33-17-19-36-67(63)72/h1-49,72H. The highest BCUT2D eigenvalue weighted by Crippen LogP contribution is 2.50. The molecular formula is C76H50N4. The number of aromatic nitrogens is 4. The van der Waals surface area contributed by atoms with E-state index in [4.69, 9.17) is 15.0 Å². The van der Waals surface area contributed by atoms with E-state index < -0.39 is 0 Å². The minimum Gasteiger partial charge on any atom is -0.308 e.